The number of aromatic nitrogens is 1. The molecule has 0 radical (unpaired) electrons. The van der Waals surface area contributed by atoms with E-state index in [1.54, 1.807) is 14.1 Å². The Bertz CT molecular complexity index is 637. The van der Waals surface area contributed by atoms with E-state index in [4.69, 9.17) is 0 Å². The molecular weight excluding hydrogens is 335 g/mol. The first-order valence-corrected chi connectivity index (χ1v) is 8.28. The minimum atomic E-state index is -4.65. The lowest BCUT2D eigenvalue weighted by Crippen LogP contribution is -2.36. The maximum atomic E-state index is 13.2. The maximum Gasteiger partial charge on any atom is 0.431 e. The van der Waals surface area contributed by atoms with Gasteiger partial charge in [-0.1, -0.05) is 13.8 Å². The van der Waals surface area contributed by atoms with Gasteiger partial charge in [-0.25, -0.2) is 0 Å². The van der Waals surface area contributed by atoms with Crippen LogP contribution in [0.5, 0.6) is 0 Å². The fourth-order valence-electron chi connectivity index (χ4n) is 2.34. The van der Waals surface area contributed by atoms with Crippen LogP contribution in [0.25, 0.3) is 0 Å². The van der Waals surface area contributed by atoms with E-state index in [0.29, 0.717) is 30.0 Å². The Balaban J connectivity index is 3.08. The van der Waals surface area contributed by atoms with Crippen molar-refractivity contribution >= 4 is 5.91 Å². The van der Waals surface area contributed by atoms with Gasteiger partial charge in [0.15, 0.2) is 0 Å². The Morgan fingerprint density at radius 2 is 1.92 bits per heavy atom. The van der Waals surface area contributed by atoms with Crippen molar-refractivity contribution in [1.29, 1.82) is 0 Å². The Morgan fingerprint density at radius 1 is 1.28 bits per heavy atom. The minimum Gasteiger partial charge on any atom is -0.352 e. The second-order valence-corrected chi connectivity index (χ2v) is 6.68. The number of nitrogens with one attached hydrogen (secondary N) is 1. The normalized spacial score (nSPS) is 12.0. The molecular formula is C17H26F3N3O2. The van der Waals surface area contributed by atoms with Crippen LogP contribution in [0.2, 0.25) is 0 Å². The quantitative estimate of drug-likeness (QED) is 0.774. The summed E-state index contributed by atoms with van der Waals surface area (Å²) in [4.78, 5) is 26.4. The summed E-state index contributed by atoms with van der Waals surface area (Å²) >= 11 is 0. The molecule has 0 atom stereocenters. The Hall–Kier alpha value is -1.83. The number of alkyl halides is 3. The van der Waals surface area contributed by atoms with Crippen molar-refractivity contribution in [3.8, 4) is 0 Å². The van der Waals surface area contributed by atoms with Gasteiger partial charge in [0.05, 0.1) is 0 Å². The Kier molecular flexibility index (Phi) is 7.66. The summed E-state index contributed by atoms with van der Waals surface area (Å²) < 4.78 is 40.2. The minimum absolute atomic E-state index is 0.0982. The number of rotatable bonds is 8. The van der Waals surface area contributed by atoms with Crippen molar-refractivity contribution < 1.29 is 18.0 Å². The van der Waals surface area contributed by atoms with Gasteiger partial charge in [0.1, 0.15) is 11.3 Å². The van der Waals surface area contributed by atoms with Crippen LogP contribution in [0.15, 0.2) is 16.9 Å². The van der Waals surface area contributed by atoms with Crippen LogP contribution in [0.3, 0.4) is 0 Å². The van der Waals surface area contributed by atoms with Crippen molar-refractivity contribution in [1.82, 2.24) is 14.8 Å². The third-order valence-corrected chi connectivity index (χ3v) is 3.70. The average molecular weight is 361 g/mol. The van der Waals surface area contributed by atoms with Crippen LogP contribution >= 0.6 is 0 Å². The van der Waals surface area contributed by atoms with Gasteiger partial charge in [-0.3, -0.25) is 9.59 Å². The molecule has 5 nitrogen and oxygen atoms in total. The van der Waals surface area contributed by atoms with E-state index >= 15 is 0 Å². The molecule has 0 aliphatic carbocycles. The van der Waals surface area contributed by atoms with E-state index in [-0.39, 0.29) is 12.1 Å². The summed E-state index contributed by atoms with van der Waals surface area (Å²) in [6.45, 7) is 4.79. The predicted octanol–water partition coefficient (Wildman–Crippen LogP) is 2.59. The summed E-state index contributed by atoms with van der Waals surface area (Å²) in [5, 5.41) is 2.59. The second kappa shape index (κ2) is 9.03. The van der Waals surface area contributed by atoms with Crippen LogP contribution in [0.4, 0.5) is 13.2 Å². The zero-order valence-electron chi connectivity index (χ0n) is 15.1. The summed E-state index contributed by atoms with van der Waals surface area (Å²) in [6, 6.07) is 1.76. The molecule has 1 rings (SSSR count). The number of halogens is 3. The van der Waals surface area contributed by atoms with Gasteiger partial charge in [-0.05, 0) is 51.5 Å². The third kappa shape index (κ3) is 6.53. The van der Waals surface area contributed by atoms with E-state index < -0.39 is 23.3 Å². The monoisotopic (exact) mass is 361 g/mol. The molecule has 142 valence electrons. The molecule has 8 heteroatoms. The molecule has 25 heavy (non-hydrogen) atoms. The number of hydrogen-bond acceptors (Lipinski definition) is 3. The van der Waals surface area contributed by atoms with E-state index in [9.17, 15) is 22.8 Å². The molecule has 0 bridgehead atoms. The second-order valence-electron chi connectivity index (χ2n) is 6.68. The number of amides is 1. The highest BCUT2D eigenvalue weighted by atomic mass is 19.4. The highest BCUT2D eigenvalue weighted by Crippen LogP contribution is 2.28. The molecule has 1 N–H and O–H groups in total. The SMILES string of the molecule is CC(C)CCNC(=O)c1ccc(C(F)(F)F)n(CCCN(C)C)c1=O. The predicted molar refractivity (Wildman–Crippen MR) is 90.7 cm³/mol. The first kappa shape index (κ1) is 21.2. The van der Waals surface area contributed by atoms with Crippen molar-refractivity contribution in [3.63, 3.8) is 0 Å². The summed E-state index contributed by atoms with van der Waals surface area (Å²) in [5.74, 6) is -0.267. The largest absolute Gasteiger partial charge is 0.431 e. The van der Waals surface area contributed by atoms with E-state index in [2.05, 4.69) is 5.32 Å². The van der Waals surface area contributed by atoms with Crippen LogP contribution in [-0.2, 0) is 12.7 Å². The molecule has 0 unspecified atom stereocenters. The smallest absolute Gasteiger partial charge is 0.352 e. The molecule has 0 spiro atoms. The molecule has 0 fully saturated rings. The zero-order valence-corrected chi connectivity index (χ0v) is 15.1. The number of carbonyl (C=O) groups excluding carboxylic acids is 1. The van der Waals surface area contributed by atoms with Crippen LogP contribution in [0.1, 0.15) is 42.7 Å². The lowest BCUT2D eigenvalue weighted by molar-refractivity contribution is -0.144. The van der Waals surface area contributed by atoms with Crippen molar-refractivity contribution in [2.45, 2.75) is 39.4 Å². The molecule has 0 aliphatic rings. The number of nitrogens with zero attached hydrogens (tertiary/aromatic N) is 2. The van der Waals surface area contributed by atoms with E-state index in [1.807, 2.05) is 18.7 Å². The standard InChI is InChI=1S/C17H26F3N3O2/c1-12(2)8-9-21-15(24)13-6-7-14(17(18,19)20)23(16(13)25)11-5-10-22(3)4/h6-7,12H,5,8-11H2,1-4H3,(H,21,24). The highest BCUT2D eigenvalue weighted by molar-refractivity contribution is 5.93. The summed E-state index contributed by atoms with van der Waals surface area (Å²) in [7, 11) is 3.60. The maximum absolute atomic E-state index is 13.2. The average Bonchev–Trinajstić information content (AvgIpc) is 2.46. The first-order valence-electron chi connectivity index (χ1n) is 8.28. The Morgan fingerprint density at radius 3 is 2.44 bits per heavy atom. The number of pyridine rings is 1. The highest BCUT2D eigenvalue weighted by Gasteiger charge is 2.35. The van der Waals surface area contributed by atoms with Crippen LogP contribution < -0.4 is 10.9 Å². The van der Waals surface area contributed by atoms with Gasteiger partial charge in [0.2, 0.25) is 0 Å². The Labute approximate surface area is 145 Å². The number of carbonyl (C=O) groups is 1. The van der Waals surface area contributed by atoms with Crippen molar-refractivity contribution in [3.05, 3.63) is 33.7 Å². The molecule has 1 amide bonds. The van der Waals surface area contributed by atoms with Gasteiger partial charge in [0.25, 0.3) is 11.5 Å². The lowest BCUT2D eigenvalue weighted by atomic mass is 10.1. The molecule has 0 saturated carbocycles. The lowest BCUT2D eigenvalue weighted by Gasteiger charge is -2.17. The first-order chi connectivity index (χ1) is 11.5. The van der Waals surface area contributed by atoms with Gasteiger partial charge >= 0.3 is 6.18 Å². The summed E-state index contributed by atoms with van der Waals surface area (Å²) in [5.41, 5.74) is -2.20. The fraction of sp³-hybridized carbons (Fsp3) is 0.647. The van der Waals surface area contributed by atoms with E-state index in [1.165, 1.54) is 0 Å². The molecule has 0 aromatic carbocycles. The zero-order chi connectivity index (χ0) is 19.2. The molecule has 0 aliphatic heterocycles. The van der Waals surface area contributed by atoms with Gasteiger partial charge in [0, 0.05) is 13.1 Å². The van der Waals surface area contributed by atoms with Crippen molar-refractivity contribution in [2.75, 3.05) is 27.2 Å². The van der Waals surface area contributed by atoms with Crippen LogP contribution in [-0.4, -0.2) is 42.6 Å². The van der Waals surface area contributed by atoms with Crippen molar-refractivity contribution in [2.24, 2.45) is 5.92 Å². The topological polar surface area (TPSA) is 54.3 Å². The van der Waals surface area contributed by atoms with E-state index in [0.717, 1.165) is 18.6 Å². The summed E-state index contributed by atoms with van der Waals surface area (Å²) in [6.07, 6.45) is -3.55. The molecule has 1 aromatic heterocycles. The molecule has 0 saturated heterocycles. The molecule has 1 aromatic rings. The third-order valence-electron chi connectivity index (χ3n) is 3.70. The number of hydrogen-bond donors (Lipinski definition) is 1. The van der Waals surface area contributed by atoms with Gasteiger partial charge in [-0.2, -0.15) is 13.2 Å². The van der Waals surface area contributed by atoms with Gasteiger partial charge < -0.3 is 14.8 Å². The fourth-order valence-corrected chi connectivity index (χ4v) is 2.34. The van der Waals surface area contributed by atoms with Gasteiger partial charge in [-0.15, -0.1) is 0 Å². The molecule has 1 heterocycles. The van der Waals surface area contributed by atoms with Crippen LogP contribution in [0, 0.1) is 5.92 Å².